The molecule has 0 aliphatic carbocycles. The zero-order valence-corrected chi connectivity index (χ0v) is 13.8. The number of rotatable bonds is 7. The number of nitrogens with zero attached hydrogens (tertiary/aromatic N) is 5. The van der Waals surface area contributed by atoms with Crippen LogP contribution >= 0.6 is 27.5 Å². The number of hydrogen-bond donors (Lipinski definition) is 0. The molecule has 0 unspecified atom stereocenters. The van der Waals surface area contributed by atoms with Crippen LogP contribution in [0.15, 0.2) is 35.8 Å². The van der Waals surface area contributed by atoms with Crippen LogP contribution in [0.4, 0.5) is 0 Å². The van der Waals surface area contributed by atoms with Crippen molar-refractivity contribution in [2.45, 2.75) is 13.3 Å². The van der Waals surface area contributed by atoms with E-state index in [9.17, 15) is 10.1 Å². The Morgan fingerprint density at radius 3 is 2.82 bits per heavy atom. The average Bonchev–Trinajstić information content (AvgIpc) is 2.84. The van der Waals surface area contributed by atoms with Gasteiger partial charge in [-0.3, -0.25) is 4.57 Å². The van der Waals surface area contributed by atoms with Crippen LogP contribution in [0.5, 0.6) is 0 Å². The fourth-order valence-corrected chi connectivity index (χ4v) is 2.13. The van der Waals surface area contributed by atoms with Crippen LogP contribution in [0.2, 0.25) is 5.15 Å². The second-order valence-electron chi connectivity index (χ2n) is 4.25. The molecule has 2 rings (SSSR count). The lowest BCUT2D eigenvalue weighted by molar-refractivity contribution is -0.491. The van der Waals surface area contributed by atoms with Gasteiger partial charge in [0, 0.05) is 23.9 Å². The second kappa shape index (κ2) is 8.06. The summed E-state index contributed by atoms with van der Waals surface area (Å²) >= 11 is 8.99. The Kier molecular flexibility index (Phi) is 6.10. The fourth-order valence-electron chi connectivity index (χ4n) is 1.79. The normalized spacial score (nSPS) is 11.8. The van der Waals surface area contributed by atoms with Crippen LogP contribution in [-0.2, 0) is 18.0 Å². The van der Waals surface area contributed by atoms with Crippen LogP contribution < -0.4 is 5.62 Å². The minimum absolute atomic E-state index is 0.185. The van der Waals surface area contributed by atoms with E-state index in [0.717, 1.165) is 5.56 Å². The number of nitro groups is 1. The van der Waals surface area contributed by atoms with Crippen molar-refractivity contribution in [3.8, 4) is 0 Å². The molecule has 0 fully saturated rings. The van der Waals surface area contributed by atoms with E-state index in [4.69, 9.17) is 16.3 Å². The predicted octanol–water partition coefficient (Wildman–Crippen LogP) is 1.85. The standard InChI is InChI=1S/C12H13BrClN5O3/c13-3-6-22-9-18-5-4-17(12(18)16-19(20)21)8-10-1-2-11(14)15-7-10/h1-2,4-5,7H,3,6,8-9H2/b16-12+. The van der Waals surface area contributed by atoms with E-state index in [1.54, 1.807) is 39.9 Å². The molecule has 10 heteroatoms. The zero-order chi connectivity index (χ0) is 15.9. The zero-order valence-electron chi connectivity index (χ0n) is 11.4. The fraction of sp³-hybridized carbons (Fsp3) is 0.333. The molecule has 2 aromatic rings. The van der Waals surface area contributed by atoms with Gasteiger partial charge in [0.05, 0.1) is 13.2 Å². The summed E-state index contributed by atoms with van der Waals surface area (Å²) in [5, 5.41) is 14.5. The first-order chi connectivity index (χ1) is 10.6. The van der Waals surface area contributed by atoms with Gasteiger partial charge in [-0.15, -0.1) is 0 Å². The van der Waals surface area contributed by atoms with Crippen LogP contribution in [0, 0.1) is 10.1 Å². The van der Waals surface area contributed by atoms with Gasteiger partial charge in [-0.05, 0) is 11.6 Å². The summed E-state index contributed by atoms with van der Waals surface area (Å²) < 4.78 is 8.57. The van der Waals surface area contributed by atoms with E-state index in [0.29, 0.717) is 23.6 Å². The molecule has 2 aromatic heterocycles. The molecule has 0 aliphatic heterocycles. The lowest BCUT2D eigenvalue weighted by atomic mass is 10.3. The lowest BCUT2D eigenvalue weighted by Crippen LogP contribution is -2.28. The van der Waals surface area contributed by atoms with Crippen LogP contribution in [0.1, 0.15) is 5.56 Å². The Balaban J connectivity index is 2.26. The van der Waals surface area contributed by atoms with Crippen LogP contribution in [0.25, 0.3) is 0 Å². The molecule has 2 heterocycles. The van der Waals surface area contributed by atoms with Crippen LogP contribution in [0.3, 0.4) is 0 Å². The third-order valence-electron chi connectivity index (χ3n) is 2.70. The minimum Gasteiger partial charge on any atom is -0.360 e. The van der Waals surface area contributed by atoms with Gasteiger partial charge in [-0.2, -0.15) is 0 Å². The summed E-state index contributed by atoms with van der Waals surface area (Å²) in [7, 11) is 0. The number of hydrogen-bond acceptors (Lipinski definition) is 4. The summed E-state index contributed by atoms with van der Waals surface area (Å²) in [6.45, 7) is 1.07. The van der Waals surface area contributed by atoms with Gasteiger partial charge in [-0.25, -0.2) is 15.1 Å². The second-order valence-corrected chi connectivity index (χ2v) is 5.43. The molecule has 0 aliphatic rings. The number of pyridine rings is 1. The van der Waals surface area contributed by atoms with Gasteiger partial charge in [0.25, 0.3) is 5.62 Å². The smallest absolute Gasteiger partial charge is 0.284 e. The van der Waals surface area contributed by atoms with Gasteiger partial charge in [0.2, 0.25) is 0 Å². The molecule has 0 radical (unpaired) electrons. The first-order valence-corrected chi connectivity index (χ1v) is 7.79. The highest BCUT2D eigenvalue weighted by Gasteiger charge is 2.07. The summed E-state index contributed by atoms with van der Waals surface area (Å²) in [6.07, 6.45) is 5.00. The Labute approximate surface area is 139 Å². The van der Waals surface area contributed by atoms with Crippen molar-refractivity contribution in [1.29, 1.82) is 0 Å². The van der Waals surface area contributed by atoms with E-state index < -0.39 is 5.03 Å². The first kappa shape index (κ1) is 16.7. The summed E-state index contributed by atoms with van der Waals surface area (Å²) in [6, 6.07) is 3.47. The van der Waals surface area contributed by atoms with E-state index in [1.807, 2.05) is 0 Å². The van der Waals surface area contributed by atoms with E-state index in [2.05, 4.69) is 26.0 Å². The highest BCUT2D eigenvalue weighted by atomic mass is 79.9. The van der Waals surface area contributed by atoms with Crippen molar-refractivity contribution in [2.75, 3.05) is 11.9 Å². The quantitative estimate of drug-likeness (QED) is 0.237. The summed E-state index contributed by atoms with van der Waals surface area (Å²) in [5.74, 6) is 0. The van der Waals surface area contributed by atoms with E-state index >= 15 is 0 Å². The Hall–Kier alpha value is -1.71. The predicted molar refractivity (Wildman–Crippen MR) is 83.1 cm³/mol. The lowest BCUT2D eigenvalue weighted by Gasteiger charge is -2.04. The molecular weight excluding hydrogens is 378 g/mol. The first-order valence-electron chi connectivity index (χ1n) is 6.29. The largest absolute Gasteiger partial charge is 0.360 e. The molecule has 0 spiro atoms. The van der Waals surface area contributed by atoms with Crippen LogP contribution in [-0.4, -0.2) is 31.1 Å². The molecular formula is C12H13BrClN5O3. The van der Waals surface area contributed by atoms with Gasteiger partial charge in [0.15, 0.2) is 5.03 Å². The molecule has 0 amide bonds. The number of aromatic nitrogens is 3. The molecule has 22 heavy (non-hydrogen) atoms. The topological polar surface area (TPSA) is 87.5 Å². The number of alkyl halides is 1. The third-order valence-corrected chi connectivity index (χ3v) is 3.25. The van der Waals surface area contributed by atoms with Crippen molar-refractivity contribution >= 4 is 27.5 Å². The minimum atomic E-state index is -0.729. The maximum atomic E-state index is 10.7. The number of halogens is 2. The maximum absolute atomic E-state index is 10.7. The van der Waals surface area contributed by atoms with E-state index in [1.165, 1.54) is 0 Å². The maximum Gasteiger partial charge on any atom is 0.284 e. The molecule has 0 saturated carbocycles. The molecule has 0 atom stereocenters. The highest BCUT2D eigenvalue weighted by Crippen LogP contribution is 2.06. The molecule has 0 N–H and O–H groups in total. The molecule has 0 saturated heterocycles. The van der Waals surface area contributed by atoms with Crippen molar-refractivity contribution in [3.05, 3.63) is 57.2 Å². The third kappa shape index (κ3) is 4.65. The Morgan fingerprint density at radius 1 is 1.41 bits per heavy atom. The van der Waals surface area contributed by atoms with Gasteiger partial charge in [0.1, 0.15) is 17.0 Å². The highest BCUT2D eigenvalue weighted by molar-refractivity contribution is 9.09. The molecule has 0 aromatic carbocycles. The number of imidazole rings is 1. The van der Waals surface area contributed by atoms with E-state index in [-0.39, 0.29) is 12.3 Å². The van der Waals surface area contributed by atoms with Crippen molar-refractivity contribution in [3.63, 3.8) is 0 Å². The summed E-state index contributed by atoms with van der Waals surface area (Å²) in [5.41, 5.74) is 1.04. The SMILES string of the molecule is O=[N+]([O-])/N=c1/n(COCCBr)ccn1Cc1ccc(Cl)nc1. The van der Waals surface area contributed by atoms with Gasteiger partial charge >= 0.3 is 0 Å². The number of ether oxygens (including phenoxy) is 1. The van der Waals surface area contributed by atoms with Gasteiger partial charge < -0.3 is 9.30 Å². The Morgan fingerprint density at radius 2 is 2.18 bits per heavy atom. The molecule has 0 bridgehead atoms. The monoisotopic (exact) mass is 389 g/mol. The molecule has 8 nitrogen and oxygen atoms in total. The van der Waals surface area contributed by atoms with Crippen molar-refractivity contribution < 1.29 is 9.77 Å². The van der Waals surface area contributed by atoms with Crippen molar-refractivity contribution in [1.82, 2.24) is 14.1 Å². The Bertz CT molecular complexity index is 698. The van der Waals surface area contributed by atoms with Crippen molar-refractivity contribution in [2.24, 2.45) is 5.10 Å². The molecule has 118 valence electrons. The van der Waals surface area contributed by atoms with Gasteiger partial charge in [-0.1, -0.05) is 33.6 Å². The summed E-state index contributed by atoms with van der Waals surface area (Å²) in [4.78, 5) is 14.7. The average molecular weight is 391 g/mol.